The van der Waals surface area contributed by atoms with Gasteiger partial charge in [-0.15, -0.1) is 0 Å². The van der Waals surface area contributed by atoms with Crippen molar-refractivity contribution in [3.05, 3.63) is 0 Å². The van der Waals surface area contributed by atoms with Crippen LogP contribution in [0.3, 0.4) is 0 Å². The molecule has 1 atom stereocenters. The van der Waals surface area contributed by atoms with Crippen molar-refractivity contribution < 1.29 is 9.90 Å². The van der Waals surface area contributed by atoms with Gasteiger partial charge in [-0.2, -0.15) is 0 Å². The van der Waals surface area contributed by atoms with Crippen molar-refractivity contribution in [2.75, 3.05) is 19.7 Å². The molecule has 0 aromatic rings. The Morgan fingerprint density at radius 2 is 2.18 bits per heavy atom. The minimum Gasteiger partial charge on any atom is -0.395 e. The lowest BCUT2D eigenvalue weighted by Crippen LogP contribution is -2.36. The number of carbonyl (C=O) groups is 1. The largest absolute Gasteiger partial charge is 0.395 e. The molecule has 0 saturated heterocycles. The molecule has 0 saturated carbocycles. The number of carbonyl (C=O) groups excluding carboxylic acids is 1. The molecule has 0 aromatic carbocycles. The topological polar surface area (TPSA) is 61.4 Å². The van der Waals surface area contributed by atoms with Crippen LogP contribution in [0.5, 0.6) is 0 Å². The minimum absolute atomic E-state index is 0.0246. The Bertz CT molecular complexity index is 117. The van der Waals surface area contributed by atoms with E-state index >= 15 is 0 Å². The van der Waals surface area contributed by atoms with Gasteiger partial charge in [0.15, 0.2) is 0 Å². The van der Waals surface area contributed by atoms with Crippen molar-refractivity contribution in [3.63, 3.8) is 0 Å². The van der Waals surface area contributed by atoms with Gasteiger partial charge in [-0.05, 0) is 6.92 Å². The van der Waals surface area contributed by atoms with Crippen LogP contribution in [0, 0.1) is 0 Å². The molecule has 4 heteroatoms. The molecule has 0 aliphatic carbocycles. The van der Waals surface area contributed by atoms with E-state index in [4.69, 9.17) is 5.11 Å². The molecule has 0 rings (SSSR count). The number of aliphatic hydroxyl groups excluding tert-OH is 1. The van der Waals surface area contributed by atoms with Gasteiger partial charge in [0.1, 0.15) is 0 Å². The maximum atomic E-state index is 10.4. The number of hydrogen-bond acceptors (Lipinski definition) is 3. The van der Waals surface area contributed by atoms with Gasteiger partial charge < -0.3 is 15.7 Å². The Balaban J connectivity index is 3.08. The Hall–Kier alpha value is -0.610. The number of nitrogens with one attached hydrogen (secondary N) is 2. The normalized spacial score (nSPS) is 12.6. The maximum Gasteiger partial charge on any atom is 0.216 e. The van der Waals surface area contributed by atoms with Crippen LogP contribution in [0.2, 0.25) is 0 Å². The molecule has 66 valence electrons. The summed E-state index contributed by atoms with van der Waals surface area (Å²) >= 11 is 0. The van der Waals surface area contributed by atoms with Crippen molar-refractivity contribution in [3.8, 4) is 0 Å². The maximum absolute atomic E-state index is 10.4. The van der Waals surface area contributed by atoms with Gasteiger partial charge >= 0.3 is 0 Å². The molecule has 0 spiro atoms. The van der Waals surface area contributed by atoms with E-state index in [0.717, 1.165) is 0 Å². The van der Waals surface area contributed by atoms with Gasteiger partial charge in [0.2, 0.25) is 5.91 Å². The summed E-state index contributed by atoms with van der Waals surface area (Å²) in [4.78, 5) is 10.4. The Morgan fingerprint density at radius 1 is 1.55 bits per heavy atom. The molecule has 4 nitrogen and oxygen atoms in total. The highest BCUT2D eigenvalue weighted by Crippen LogP contribution is 1.74. The summed E-state index contributed by atoms with van der Waals surface area (Å²) in [6.45, 7) is 4.80. The number of amides is 1. The van der Waals surface area contributed by atoms with Crippen LogP contribution in [0.1, 0.15) is 13.8 Å². The van der Waals surface area contributed by atoms with Gasteiger partial charge in [0.25, 0.3) is 0 Å². The van der Waals surface area contributed by atoms with Crippen LogP contribution >= 0.6 is 0 Å². The highest BCUT2D eigenvalue weighted by molar-refractivity contribution is 5.72. The van der Waals surface area contributed by atoms with Gasteiger partial charge in [-0.3, -0.25) is 4.79 Å². The first-order valence-electron chi connectivity index (χ1n) is 3.75. The summed E-state index contributed by atoms with van der Waals surface area (Å²) < 4.78 is 0. The van der Waals surface area contributed by atoms with Crippen LogP contribution in [-0.4, -0.2) is 36.8 Å². The quantitative estimate of drug-likeness (QED) is 0.456. The summed E-state index contributed by atoms with van der Waals surface area (Å²) in [6.07, 6.45) is 0. The fourth-order valence-corrected chi connectivity index (χ4v) is 0.622. The van der Waals surface area contributed by atoms with Crippen LogP contribution in [0.25, 0.3) is 0 Å². The lowest BCUT2D eigenvalue weighted by molar-refractivity contribution is -0.118. The molecular weight excluding hydrogens is 144 g/mol. The zero-order chi connectivity index (χ0) is 8.69. The van der Waals surface area contributed by atoms with Crippen molar-refractivity contribution >= 4 is 5.91 Å². The van der Waals surface area contributed by atoms with E-state index in [9.17, 15) is 4.79 Å². The van der Waals surface area contributed by atoms with Gasteiger partial charge in [-0.1, -0.05) is 0 Å². The SMILES string of the molecule is CC(=O)NCCNC(C)CO. The third-order valence-electron chi connectivity index (χ3n) is 1.27. The second-order valence-corrected chi connectivity index (χ2v) is 2.52. The Kier molecular flexibility index (Phi) is 5.78. The number of hydrogen-bond donors (Lipinski definition) is 3. The smallest absolute Gasteiger partial charge is 0.216 e. The van der Waals surface area contributed by atoms with Crippen LogP contribution in [-0.2, 0) is 4.79 Å². The molecule has 0 bridgehead atoms. The lowest BCUT2D eigenvalue weighted by Gasteiger charge is -2.09. The molecule has 11 heavy (non-hydrogen) atoms. The summed E-state index contributed by atoms with van der Waals surface area (Å²) in [7, 11) is 0. The summed E-state index contributed by atoms with van der Waals surface area (Å²) in [5, 5.41) is 14.3. The Labute approximate surface area is 67.0 Å². The van der Waals surface area contributed by atoms with E-state index < -0.39 is 0 Å². The standard InChI is InChI=1S/C7H16N2O2/c1-6(5-10)8-3-4-9-7(2)11/h6,8,10H,3-5H2,1-2H3,(H,9,11). The third kappa shape index (κ3) is 7.29. The van der Waals surface area contributed by atoms with Gasteiger partial charge in [-0.25, -0.2) is 0 Å². The van der Waals surface area contributed by atoms with Crippen molar-refractivity contribution in [2.45, 2.75) is 19.9 Å². The zero-order valence-electron chi connectivity index (χ0n) is 7.05. The fraction of sp³-hybridized carbons (Fsp3) is 0.857. The molecule has 0 aliphatic rings. The lowest BCUT2D eigenvalue weighted by atomic mass is 10.3. The fourth-order valence-electron chi connectivity index (χ4n) is 0.622. The zero-order valence-corrected chi connectivity index (χ0v) is 7.05. The molecular formula is C7H16N2O2. The molecule has 3 N–H and O–H groups in total. The van der Waals surface area contributed by atoms with E-state index in [0.29, 0.717) is 13.1 Å². The summed E-state index contributed by atoms with van der Waals surface area (Å²) in [6, 6.07) is 0.101. The molecule has 0 aromatic heterocycles. The molecule has 1 unspecified atom stereocenters. The first-order valence-corrected chi connectivity index (χ1v) is 3.75. The predicted molar refractivity (Wildman–Crippen MR) is 43.2 cm³/mol. The van der Waals surface area contributed by atoms with E-state index in [1.807, 2.05) is 6.92 Å². The molecule has 0 aliphatic heterocycles. The first-order chi connectivity index (χ1) is 5.16. The van der Waals surface area contributed by atoms with E-state index in [1.54, 1.807) is 0 Å². The van der Waals surface area contributed by atoms with E-state index in [2.05, 4.69) is 10.6 Å². The average molecular weight is 160 g/mol. The second-order valence-electron chi connectivity index (χ2n) is 2.52. The number of aliphatic hydroxyl groups is 1. The highest BCUT2D eigenvalue weighted by atomic mass is 16.3. The van der Waals surface area contributed by atoms with Crippen LogP contribution in [0.4, 0.5) is 0 Å². The van der Waals surface area contributed by atoms with E-state index in [1.165, 1.54) is 6.92 Å². The highest BCUT2D eigenvalue weighted by Gasteiger charge is 1.96. The third-order valence-corrected chi connectivity index (χ3v) is 1.27. The monoisotopic (exact) mass is 160 g/mol. The molecule has 0 fully saturated rings. The van der Waals surface area contributed by atoms with Gasteiger partial charge in [0, 0.05) is 26.1 Å². The number of rotatable bonds is 5. The minimum atomic E-state index is -0.0246. The average Bonchev–Trinajstić information content (AvgIpc) is 1.97. The van der Waals surface area contributed by atoms with Crippen molar-refractivity contribution in [2.24, 2.45) is 0 Å². The van der Waals surface area contributed by atoms with E-state index in [-0.39, 0.29) is 18.6 Å². The second kappa shape index (κ2) is 6.12. The van der Waals surface area contributed by atoms with Gasteiger partial charge in [0.05, 0.1) is 6.61 Å². The van der Waals surface area contributed by atoms with Crippen molar-refractivity contribution in [1.82, 2.24) is 10.6 Å². The predicted octanol–water partition coefficient (Wildman–Crippen LogP) is -0.907. The Morgan fingerprint density at radius 3 is 2.64 bits per heavy atom. The molecule has 1 amide bonds. The van der Waals surface area contributed by atoms with Crippen molar-refractivity contribution in [1.29, 1.82) is 0 Å². The molecule has 0 radical (unpaired) electrons. The molecule has 0 heterocycles. The summed E-state index contributed by atoms with van der Waals surface area (Å²) in [5.41, 5.74) is 0. The summed E-state index contributed by atoms with van der Waals surface area (Å²) in [5.74, 6) is -0.0246. The van der Waals surface area contributed by atoms with Crippen LogP contribution in [0.15, 0.2) is 0 Å². The first kappa shape index (κ1) is 10.4. The van der Waals surface area contributed by atoms with Crippen LogP contribution < -0.4 is 10.6 Å².